The van der Waals surface area contributed by atoms with Gasteiger partial charge in [-0.25, -0.2) is 0 Å². The number of anilines is 3. The van der Waals surface area contributed by atoms with E-state index in [9.17, 15) is 24.3 Å². The number of hydrogen-bond donors (Lipinski definition) is 2. The minimum Gasteiger partial charge on any atom is -0.454 e. The molecule has 3 amide bonds. The Hall–Kier alpha value is -4.81. The van der Waals surface area contributed by atoms with E-state index in [1.165, 1.54) is 0 Å². The number of likely N-dealkylation sites (tertiary alicyclic amines) is 1. The number of carbonyl (C=O) groups excluding carboxylic acids is 3. The van der Waals surface area contributed by atoms with Crippen molar-refractivity contribution in [1.29, 1.82) is 0 Å². The van der Waals surface area contributed by atoms with Crippen LogP contribution in [0.4, 0.5) is 17.1 Å². The van der Waals surface area contributed by atoms with Crippen LogP contribution in [0.25, 0.3) is 0 Å². The molecule has 0 bridgehead atoms. The Morgan fingerprint density at radius 3 is 2.40 bits per heavy atom. The maximum absolute atomic E-state index is 15.0. The quantitative estimate of drug-likeness (QED) is 0.210. The van der Waals surface area contributed by atoms with Crippen molar-refractivity contribution in [2.24, 2.45) is 5.92 Å². The number of nitrogens with zero attached hydrogens (tertiary/aromatic N) is 3. The predicted octanol–water partition coefficient (Wildman–Crippen LogP) is 6.49. The standard InChI is InChI=1S/C41H43N3O7Si/c1-26-38(52(2,3)49)36(23-37(46)42-21-11-14-29(42)25-45)51-41(26)31-16-5-6-17-32(31)43(40(41)48)24-27-12-10-13-28(22-27)44-33-18-7-9-20-35(33)50-34-19-8-4-15-30(34)39(44)47/h4-10,12-13,15-20,22,26,29,36,38,45,49H,11,14,21,23-25H2,1-3H3/t26-,29-,36+,38-,41+/m0/s1. The summed E-state index contributed by atoms with van der Waals surface area (Å²) in [4.78, 5) is 59.5. The van der Waals surface area contributed by atoms with Gasteiger partial charge in [-0.05, 0) is 74.0 Å². The molecule has 0 unspecified atom stereocenters. The number of rotatable bonds is 7. The Bertz CT molecular complexity index is 2070. The van der Waals surface area contributed by atoms with Gasteiger partial charge in [-0.15, -0.1) is 0 Å². The molecule has 2 fully saturated rings. The fourth-order valence-electron chi connectivity index (χ4n) is 9.07. The van der Waals surface area contributed by atoms with E-state index in [0.717, 1.165) is 24.0 Å². The summed E-state index contributed by atoms with van der Waals surface area (Å²) in [5, 5.41) is 9.90. The summed E-state index contributed by atoms with van der Waals surface area (Å²) in [5.41, 5.74) is 2.13. The summed E-state index contributed by atoms with van der Waals surface area (Å²) in [6.45, 7) is 6.35. The molecular weight excluding hydrogens is 675 g/mol. The van der Waals surface area contributed by atoms with E-state index in [2.05, 4.69) is 0 Å². The highest BCUT2D eigenvalue weighted by molar-refractivity contribution is 6.71. The third-order valence-corrected chi connectivity index (χ3v) is 13.8. The van der Waals surface area contributed by atoms with Crippen molar-refractivity contribution in [2.75, 3.05) is 23.0 Å². The fraction of sp³-hybridized carbons (Fsp3) is 0.341. The van der Waals surface area contributed by atoms with Gasteiger partial charge in [0.2, 0.25) is 5.91 Å². The zero-order chi connectivity index (χ0) is 36.4. The molecule has 11 heteroatoms. The Kier molecular flexibility index (Phi) is 8.57. The molecule has 0 aliphatic carbocycles. The zero-order valence-corrected chi connectivity index (χ0v) is 30.6. The number of ether oxygens (including phenoxy) is 2. The third kappa shape index (κ3) is 5.45. The molecule has 4 aliphatic heterocycles. The highest BCUT2D eigenvalue weighted by Crippen LogP contribution is 2.60. The van der Waals surface area contributed by atoms with Gasteiger partial charge >= 0.3 is 0 Å². The number of para-hydroxylation sites is 4. The summed E-state index contributed by atoms with van der Waals surface area (Å²) in [6, 6.07) is 29.6. The number of carbonyl (C=O) groups is 3. The molecule has 4 aromatic rings. The van der Waals surface area contributed by atoms with E-state index in [1.807, 2.05) is 105 Å². The molecule has 52 heavy (non-hydrogen) atoms. The van der Waals surface area contributed by atoms with Crippen LogP contribution in [0.15, 0.2) is 97.1 Å². The van der Waals surface area contributed by atoms with Crippen molar-refractivity contribution in [2.45, 2.75) is 69.1 Å². The zero-order valence-electron chi connectivity index (χ0n) is 29.6. The van der Waals surface area contributed by atoms with Gasteiger partial charge in [-0.1, -0.05) is 61.5 Å². The molecule has 10 nitrogen and oxygen atoms in total. The van der Waals surface area contributed by atoms with Gasteiger partial charge in [0.25, 0.3) is 11.8 Å². The highest BCUT2D eigenvalue weighted by atomic mass is 28.4. The van der Waals surface area contributed by atoms with Crippen LogP contribution >= 0.6 is 0 Å². The second-order valence-electron chi connectivity index (χ2n) is 14.9. The van der Waals surface area contributed by atoms with Crippen molar-refractivity contribution in [1.82, 2.24) is 4.90 Å². The number of aliphatic hydroxyl groups is 1. The third-order valence-electron chi connectivity index (χ3n) is 11.3. The maximum Gasteiger partial charge on any atom is 0.266 e. The lowest BCUT2D eigenvalue weighted by Gasteiger charge is -2.32. The first-order chi connectivity index (χ1) is 25.0. The van der Waals surface area contributed by atoms with E-state index >= 15 is 0 Å². The lowest BCUT2D eigenvalue weighted by molar-refractivity contribution is -0.150. The molecule has 2 N–H and O–H groups in total. The smallest absolute Gasteiger partial charge is 0.266 e. The van der Waals surface area contributed by atoms with Crippen LogP contribution in [0.3, 0.4) is 0 Å². The van der Waals surface area contributed by atoms with Crippen LogP contribution < -0.4 is 14.5 Å². The summed E-state index contributed by atoms with van der Waals surface area (Å²) < 4.78 is 13.1. The normalized spacial score (nSPS) is 25.2. The SMILES string of the molecule is C[C@H]1[C@H]([Si](C)(C)O)[C@@H](CC(=O)N2CCC[C@H]2CO)O[C@]12C(=O)N(Cc1cccc(N3C(=O)c4ccccc4Oc4ccccc43)c1)c1ccccc12. The monoisotopic (exact) mass is 717 g/mol. The van der Waals surface area contributed by atoms with Gasteiger partial charge in [0.05, 0.1) is 48.7 Å². The molecule has 2 saturated heterocycles. The van der Waals surface area contributed by atoms with Crippen molar-refractivity contribution < 1.29 is 33.8 Å². The van der Waals surface area contributed by atoms with E-state index in [4.69, 9.17) is 9.47 Å². The molecule has 268 valence electrons. The minimum absolute atomic E-state index is 0.0277. The lowest BCUT2D eigenvalue weighted by atomic mass is 9.82. The van der Waals surface area contributed by atoms with Gasteiger partial charge < -0.3 is 29.2 Å². The summed E-state index contributed by atoms with van der Waals surface area (Å²) >= 11 is 0. The Morgan fingerprint density at radius 2 is 1.63 bits per heavy atom. The van der Waals surface area contributed by atoms with Crippen LogP contribution in [-0.4, -0.2) is 66.1 Å². The van der Waals surface area contributed by atoms with Gasteiger partial charge in [-0.3, -0.25) is 19.3 Å². The van der Waals surface area contributed by atoms with Crippen LogP contribution in [0.1, 0.15) is 47.7 Å². The van der Waals surface area contributed by atoms with Crippen molar-refractivity contribution in [3.63, 3.8) is 0 Å². The minimum atomic E-state index is -2.98. The second-order valence-corrected chi connectivity index (χ2v) is 18.9. The van der Waals surface area contributed by atoms with Crippen molar-refractivity contribution in [3.05, 3.63) is 114 Å². The van der Waals surface area contributed by atoms with Gasteiger partial charge in [0.15, 0.2) is 19.7 Å². The van der Waals surface area contributed by atoms with Crippen LogP contribution in [0.5, 0.6) is 11.5 Å². The first-order valence-corrected chi connectivity index (χ1v) is 21.1. The molecule has 4 aliphatic rings. The second kappa shape index (κ2) is 13.0. The molecule has 1 spiro atoms. The van der Waals surface area contributed by atoms with Crippen LogP contribution in [-0.2, 0) is 26.5 Å². The molecule has 0 radical (unpaired) electrons. The van der Waals surface area contributed by atoms with Gasteiger partial charge in [-0.2, -0.15) is 0 Å². The van der Waals surface area contributed by atoms with E-state index < -0.39 is 31.5 Å². The molecule has 8 rings (SSSR count). The lowest BCUT2D eigenvalue weighted by Crippen LogP contribution is -2.46. The first kappa shape index (κ1) is 34.3. The maximum atomic E-state index is 15.0. The number of aliphatic hydroxyl groups excluding tert-OH is 1. The summed E-state index contributed by atoms with van der Waals surface area (Å²) in [5.74, 6) is 0.0278. The molecule has 5 atom stereocenters. The average Bonchev–Trinajstić information content (AvgIpc) is 3.77. The molecular formula is C41H43N3O7Si. The molecule has 0 saturated carbocycles. The fourth-order valence-corrected chi connectivity index (χ4v) is 11.6. The summed E-state index contributed by atoms with van der Waals surface area (Å²) in [7, 11) is -2.98. The first-order valence-electron chi connectivity index (χ1n) is 18.0. The van der Waals surface area contributed by atoms with Crippen molar-refractivity contribution >= 4 is 43.1 Å². The van der Waals surface area contributed by atoms with E-state index in [-0.39, 0.29) is 43.3 Å². The van der Waals surface area contributed by atoms with Crippen molar-refractivity contribution in [3.8, 4) is 11.5 Å². The summed E-state index contributed by atoms with van der Waals surface area (Å²) in [6.07, 6.45) is 0.932. The number of benzene rings is 4. The number of hydrogen-bond acceptors (Lipinski definition) is 7. The number of fused-ring (bicyclic) bond motifs is 4. The molecule has 4 aromatic carbocycles. The largest absolute Gasteiger partial charge is 0.454 e. The van der Waals surface area contributed by atoms with Crippen LogP contribution in [0.2, 0.25) is 18.6 Å². The highest BCUT2D eigenvalue weighted by Gasteiger charge is 2.66. The molecule has 0 aromatic heterocycles. The Balaban J connectivity index is 1.13. The number of amides is 3. The van der Waals surface area contributed by atoms with E-state index in [1.54, 1.807) is 26.8 Å². The van der Waals surface area contributed by atoms with Gasteiger partial charge in [0, 0.05) is 29.3 Å². The predicted molar refractivity (Wildman–Crippen MR) is 199 cm³/mol. The van der Waals surface area contributed by atoms with Gasteiger partial charge in [0.1, 0.15) is 5.75 Å². The average molecular weight is 718 g/mol. The topological polar surface area (TPSA) is 120 Å². The Labute approximate surface area is 304 Å². The van der Waals surface area contributed by atoms with E-state index in [0.29, 0.717) is 40.7 Å². The molecule has 4 heterocycles. The Morgan fingerprint density at radius 1 is 0.923 bits per heavy atom. The van der Waals surface area contributed by atoms with Crippen LogP contribution in [0, 0.1) is 5.92 Å².